The topological polar surface area (TPSA) is 52.3 Å². The molecule has 1 unspecified atom stereocenters. The Morgan fingerprint density at radius 2 is 2.33 bits per heavy atom. The quantitative estimate of drug-likeness (QED) is 0.854. The van der Waals surface area contributed by atoms with Crippen LogP contribution in [-0.2, 0) is 9.53 Å². The van der Waals surface area contributed by atoms with Crippen LogP contribution in [0.5, 0.6) is 0 Å². The van der Waals surface area contributed by atoms with Gasteiger partial charge in [0.15, 0.2) is 6.10 Å². The first kappa shape index (κ1) is 12.8. The van der Waals surface area contributed by atoms with Crippen molar-refractivity contribution in [1.82, 2.24) is 0 Å². The molecule has 18 heavy (non-hydrogen) atoms. The second kappa shape index (κ2) is 5.83. The van der Waals surface area contributed by atoms with Crippen molar-refractivity contribution in [3.63, 3.8) is 0 Å². The van der Waals surface area contributed by atoms with Crippen LogP contribution in [0.15, 0.2) is 29.0 Å². The molecule has 2 aromatic heterocycles. The predicted octanol–water partition coefficient (Wildman–Crippen LogP) is 2.65. The van der Waals surface area contributed by atoms with Crippen LogP contribution in [0.4, 0.5) is 0 Å². The number of hydrogen-bond donors (Lipinski definition) is 1. The van der Waals surface area contributed by atoms with Crippen LogP contribution in [0.2, 0.25) is 0 Å². The Labute approximate surface area is 113 Å². The molecule has 2 rings (SSSR count). The molecule has 0 aliphatic carbocycles. The van der Waals surface area contributed by atoms with Crippen LogP contribution in [0.3, 0.4) is 0 Å². The summed E-state index contributed by atoms with van der Waals surface area (Å²) >= 11 is 3.12. The van der Waals surface area contributed by atoms with E-state index in [1.165, 1.54) is 11.3 Å². The van der Waals surface area contributed by atoms with E-state index in [1.54, 1.807) is 11.3 Å². The number of ether oxygens (including phenoxy) is 1. The van der Waals surface area contributed by atoms with Gasteiger partial charge in [0.2, 0.25) is 0 Å². The number of carbonyl (C=O) groups excluding carboxylic acids is 1. The van der Waals surface area contributed by atoms with Crippen LogP contribution in [-0.4, -0.2) is 12.5 Å². The maximum absolute atomic E-state index is 11.3. The van der Waals surface area contributed by atoms with Gasteiger partial charge < -0.3 is 10.5 Å². The zero-order chi connectivity index (χ0) is 13.0. The Balaban J connectivity index is 2.22. The number of nitrogens with two attached hydrogens (primary N) is 1. The molecule has 0 aliphatic rings. The molecule has 1 amide bonds. The SMILES string of the molecule is C#CCOC(C(N)=O)c1ccc(-c2ccsc2)s1. The highest BCUT2D eigenvalue weighted by atomic mass is 32.1. The van der Waals surface area contributed by atoms with Gasteiger partial charge in [0.05, 0.1) is 0 Å². The summed E-state index contributed by atoms with van der Waals surface area (Å²) in [7, 11) is 0. The third-order valence-corrected chi connectivity index (χ3v) is 4.14. The summed E-state index contributed by atoms with van der Waals surface area (Å²) in [4.78, 5) is 13.2. The third-order valence-electron chi connectivity index (χ3n) is 2.28. The largest absolute Gasteiger partial charge is 0.367 e. The monoisotopic (exact) mass is 277 g/mol. The van der Waals surface area contributed by atoms with Gasteiger partial charge in [-0.2, -0.15) is 11.3 Å². The third kappa shape index (κ3) is 2.79. The fourth-order valence-electron chi connectivity index (χ4n) is 1.49. The Morgan fingerprint density at radius 1 is 1.50 bits per heavy atom. The summed E-state index contributed by atoms with van der Waals surface area (Å²) < 4.78 is 5.27. The lowest BCUT2D eigenvalue weighted by Crippen LogP contribution is -2.23. The summed E-state index contributed by atoms with van der Waals surface area (Å²) in [6, 6.07) is 5.84. The Kier molecular flexibility index (Phi) is 4.15. The predicted molar refractivity (Wildman–Crippen MR) is 74.4 cm³/mol. The summed E-state index contributed by atoms with van der Waals surface area (Å²) in [6.07, 6.45) is 4.35. The summed E-state index contributed by atoms with van der Waals surface area (Å²) in [5.41, 5.74) is 6.45. The molecule has 0 saturated carbocycles. The molecule has 0 spiro atoms. The van der Waals surface area contributed by atoms with Crippen molar-refractivity contribution in [2.24, 2.45) is 5.73 Å². The van der Waals surface area contributed by atoms with Gasteiger partial charge in [-0.3, -0.25) is 4.79 Å². The molecule has 2 aromatic rings. The van der Waals surface area contributed by atoms with Crippen LogP contribution >= 0.6 is 22.7 Å². The lowest BCUT2D eigenvalue weighted by atomic mass is 10.2. The van der Waals surface area contributed by atoms with Crippen molar-refractivity contribution in [2.45, 2.75) is 6.10 Å². The smallest absolute Gasteiger partial charge is 0.252 e. The highest BCUT2D eigenvalue weighted by Crippen LogP contribution is 2.33. The molecule has 0 saturated heterocycles. The molecule has 0 aliphatic heterocycles. The first-order chi connectivity index (χ1) is 8.72. The maximum atomic E-state index is 11.3. The molecule has 3 nitrogen and oxygen atoms in total. The Morgan fingerprint density at radius 3 is 2.94 bits per heavy atom. The van der Waals surface area contributed by atoms with Crippen LogP contribution < -0.4 is 5.73 Å². The second-order valence-electron chi connectivity index (χ2n) is 3.51. The number of thiophene rings is 2. The number of primary amides is 1. The summed E-state index contributed by atoms with van der Waals surface area (Å²) in [6.45, 7) is 0.0687. The molecular formula is C13H11NO2S2. The second-order valence-corrected chi connectivity index (χ2v) is 5.41. The molecule has 1 atom stereocenters. The van der Waals surface area contributed by atoms with Gasteiger partial charge in [0.25, 0.3) is 5.91 Å². The number of carbonyl (C=O) groups is 1. The molecule has 0 aromatic carbocycles. The van der Waals surface area contributed by atoms with E-state index < -0.39 is 12.0 Å². The Hall–Kier alpha value is -1.61. The van der Waals surface area contributed by atoms with E-state index in [2.05, 4.69) is 11.3 Å². The van der Waals surface area contributed by atoms with Gasteiger partial charge in [-0.05, 0) is 29.0 Å². The van der Waals surface area contributed by atoms with Gasteiger partial charge in [-0.25, -0.2) is 0 Å². The van der Waals surface area contributed by atoms with E-state index >= 15 is 0 Å². The summed E-state index contributed by atoms with van der Waals surface area (Å²) in [5, 5.41) is 4.06. The van der Waals surface area contributed by atoms with Gasteiger partial charge in [-0.1, -0.05) is 5.92 Å². The Bertz CT molecular complexity index is 566. The van der Waals surface area contributed by atoms with E-state index in [4.69, 9.17) is 16.9 Å². The van der Waals surface area contributed by atoms with E-state index in [0.29, 0.717) is 0 Å². The van der Waals surface area contributed by atoms with Crippen molar-refractivity contribution in [3.05, 3.63) is 33.8 Å². The average Bonchev–Trinajstić information content (AvgIpc) is 2.99. The molecule has 5 heteroatoms. The minimum absolute atomic E-state index is 0.0687. The maximum Gasteiger partial charge on any atom is 0.252 e. The summed E-state index contributed by atoms with van der Waals surface area (Å²) in [5.74, 6) is 1.81. The van der Waals surface area contributed by atoms with E-state index in [-0.39, 0.29) is 6.61 Å². The molecule has 92 valence electrons. The first-order valence-electron chi connectivity index (χ1n) is 5.19. The lowest BCUT2D eigenvalue weighted by molar-refractivity contribution is -0.128. The van der Waals surface area contributed by atoms with Gasteiger partial charge in [0.1, 0.15) is 6.61 Å². The number of hydrogen-bond acceptors (Lipinski definition) is 4. The van der Waals surface area contributed by atoms with Crippen molar-refractivity contribution < 1.29 is 9.53 Å². The fraction of sp³-hybridized carbons (Fsp3) is 0.154. The minimum atomic E-state index is -0.765. The molecule has 0 fully saturated rings. The van der Waals surface area contributed by atoms with Crippen molar-refractivity contribution in [3.8, 4) is 22.8 Å². The molecule has 0 radical (unpaired) electrons. The molecular weight excluding hydrogens is 266 g/mol. The van der Waals surface area contributed by atoms with Crippen molar-refractivity contribution >= 4 is 28.6 Å². The highest BCUT2D eigenvalue weighted by Gasteiger charge is 2.20. The van der Waals surface area contributed by atoms with Gasteiger partial charge >= 0.3 is 0 Å². The van der Waals surface area contributed by atoms with Crippen molar-refractivity contribution in [1.29, 1.82) is 0 Å². The number of rotatable bonds is 5. The first-order valence-corrected chi connectivity index (χ1v) is 6.95. The van der Waals surface area contributed by atoms with Gasteiger partial charge in [-0.15, -0.1) is 17.8 Å². The zero-order valence-electron chi connectivity index (χ0n) is 9.46. The highest BCUT2D eigenvalue weighted by molar-refractivity contribution is 7.16. The molecule has 0 bridgehead atoms. The standard InChI is InChI=1S/C13H11NO2S2/c1-2-6-16-12(13(14)15)11-4-3-10(18-11)9-5-7-17-8-9/h1,3-5,7-8,12H,6H2,(H2,14,15). The fourth-order valence-corrected chi connectivity index (χ4v) is 3.28. The van der Waals surface area contributed by atoms with Crippen LogP contribution in [0.25, 0.3) is 10.4 Å². The average molecular weight is 277 g/mol. The number of terminal acetylenes is 1. The van der Waals surface area contributed by atoms with E-state index in [9.17, 15) is 4.79 Å². The van der Waals surface area contributed by atoms with E-state index in [1.807, 2.05) is 23.6 Å². The minimum Gasteiger partial charge on any atom is -0.367 e. The molecule has 2 heterocycles. The lowest BCUT2D eigenvalue weighted by Gasteiger charge is -2.10. The molecule has 2 N–H and O–H groups in total. The van der Waals surface area contributed by atoms with E-state index in [0.717, 1.165) is 15.3 Å². The van der Waals surface area contributed by atoms with Crippen LogP contribution in [0.1, 0.15) is 11.0 Å². The normalized spacial score (nSPS) is 11.9. The number of amides is 1. The zero-order valence-corrected chi connectivity index (χ0v) is 11.1. The van der Waals surface area contributed by atoms with Crippen LogP contribution in [0, 0.1) is 12.3 Å². The van der Waals surface area contributed by atoms with Crippen molar-refractivity contribution in [2.75, 3.05) is 6.61 Å². The van der Waals surface area contributed by atoms with Gasteiger partial charge in [0, 0.05) is 15.3 Å².